The van der Waals surface area contributed by atoms with Crippen molar-refractivity contribution in [2.75, 3.05) is 31.8 Å². The maximum absolute atomic E-state index is 10.6. The molecular weight excluding hydrogens is 278 g/mol. The summed E-state index contributed by atoms with van der Waals surface area (Å²) < 4.78 is 39.5. The lowest BCUT2D eigenvalue weighted by Gasteiger charge is -2.15. The Morgan fingerprint density at radius 3 is 2.37 bits per heavy atom. The predicted molar refractivity (Wildman–Crippen MR) is 67.8 cm³/mol. The molecule has 0 aliphatic carbocycles. The van der Waals surface area contributed by atoms with E-state index in [0.717, 1.165) is 6.07 Å². The molecule has 0 radical (unpaired) electrons. The SMILES string of the molecule is COc1cc(O)c(NCCS(=O)(=O)O)c(OC)c1O. The third kappa shape index (κ3) is 3.80. The molecule has 1 aromatic rings. The van der Waals surface area contributed by atoms with Crippen LogP contribution in [0.25, 0.3) is 0 Å². The molecule has 0 bridgehead atoms. The minimum atomic E-state index is -4.12. The first-order valence-electron chi connectivity index (χ1n) is 5.16. The van der Waals surface area contributed by atoms with Gasteiger partial charge in [0.15, 0.2) is 11.5 Å². The zero-order valence-corrected chi connectivity index (χ0v) is 11.2. The molecule has 1 aromatic carbocycles. The van der Waals surface area contributed by atoms with E-state index in [4.69, 9.17) is 14.0 Å². The zero-order valence-electron chi connectivity index (χ0n) is 10.4. The molecule has 1 rings (SSSR count). The number of benzene rings is 1. The topological polar surface area (TPSA) is 125 Å². The molecule has 0 unspecified atom stereocenters. The van der Waals surface area contributed by atoms with Crippen LogP contribution in [-0.4, -0.2) is 49.7 Å². The summed E-state index contributed by atoms with van der Waals surface area (Å²) in [5, 5.41) is 22.1. The van der Waals surface area contributed by atoms with Gasteiger partial charge in [-0.3, -0.25) is 4.55 Å². The molecule has 0 atom stereocenters. The molecular formula is C10H15NO7S. The van der Waals surface area contributed by atoms with E-state index in [9.17, 15) is 18.6 Å². The minimum absolute atomic E-state index is 0.00412. The van der Waals surface area contributed by atoms with Crippen LogP contribution in [0.5, 0.6) is 23.0 Å². The molecule has 8 nitrogen and oxygen atoms in total. The van der Waals surface area contributed by atoms with Gasteiger partial charge >= 0.3 is 0 Å². The second-order valence-electron chi connectivity index (χ2n) is 3.57. The number of aromatic hydroxyl groups is 2. The molecule has 4 N–H and O–H groups in total. The van der Waals surface area contributed by atoms with Gasteiger partial charge in [-0.2, -0.15) is 8.42 Å². The average Bonchev–Trinajstić information content (AvgIpc) is 2.31. The van der Waals surface area contributed by atoms with Gasteiger partial charge in [-0.1, -0.05) is 0 Å². The quantitative estimate of drug-likeness (QED) is 0.338. The first-order chi connectivity index (χ1) is 8.80. The van der Waals surface area contributed by atoms with Crippen molar-refractivity contribution in [3.05, 3.63) is 6.07 Å². The Morgan fingerprint density at radius 1 is 1.26 bits per heavy atom. The van der Waals surface area contributed by atoms with Crippen LogP contribution in [0.2, 0.25) is 0 Å². The Balaban J connectivity index is 3.03. The lowest BCUT2D eigenvalue weighted by atomic mass is 10.2. The molecule has 0 aliphatic rings. The maximum Gasteiger partial charge on any atom is 0.266 e. The lowest BCUT2D eigenvalue weighted by molar-refractivity contribution is 0.336. The second kappa shape index (κ2) is 5.85. The van der Waals surface area contributed by atoms with E-state index in [2.05, 4.69) is 5.32 Å². The van der Waals surface area contributed by atoms with Crippen molar-refractivity contribution in [1.82, 2.24) is 0 Å². The summed E-state index contributed by atoms with van der Waals surface area (Å²) >= 11 is 0. The molecule has 0 aromatic heterocycles. The molecule has 108 valence electrons. The fourth-order valence-corrected chi connectivity index (χ4v) is 1.80. The summed E-state index contributed by atoms with van der Waals surface area (Å²) in [5.74, 6) is -1.26. The van der Waals surface area contributed by atoms with Gasteiger partial charge in [0.25, 0.3) is 10.1 Å². The van der Waals surface area contributed by atoms with Crippen molar-refractivity contribution in [1.29, 1.82) is 0 Å². The molecule has 0 amide bonds. The fraction of sp³-hybridized carbons (Fsp3) is 0.400. The van der Waals surface area contributed by atoms with Crippen molar-refractivity contribution in [2.45, 2.75) is 0 Å². The Hall–Kier alpha value is -1.87. The molecule has 9 heteroatoms. The highest BCUT2D eigenvalue weighted by Gasteiger charge is 2.19. The van der Waals surface area contributed by atoms with Crippen LogP contribution in [0, 0.1) is 0 Å². The van der Waals surface area contributed by atoms with Gasteiger partial charge in [0.05, 0.1) is 20.0 Å². The number of rotatable bonds is 6. The first-order valence-corrected chi connectivity index (χ1v) is 6.77. The number of phenols is 2. The summed E-state index contributed by atoms with van der Waals surface area (Å²) in [7, 11) is -1.55. The summed E-state index contributed by atoms with van der Waals surface area (Å²) in [6.07, 6.45) is 0. The third-order valence-electron chi connectivity index (χ3n) is 2.29. The monoisotopic (exact) mass is 293 g/mol. The van der Waals surface area contributed by atoms with Gasteiger partial charge < -0.3 is 25.0 Å². The third-order valence-corrected chi connectivity index (χ3v) is 3.01. The summed E-state index contributed by atoms with van der Waals surface area (Å²) in [5.41, 5.74) is 0.00412. The number of methoxy groups -OCH3 is 2. The van der Waals surface area contributed by atoms with Crippen LogP contribution in [0.15, 0.2) is 6.07 Å². The normalized spacial score (nSPS) is 11.1. The highest BCUT2D eigenvalue weighted by atomic mass is 32.2. The molecule has 0 spiro atoms. The summed E-state index contributed by atoms with van der Waals surface area (Å²) in [6.45, 7) is -0.172. The molecule has 0 saturated heterocycles. The van der Waals surface area contributed by atoms with Crippen LogP contribution in [0.1, 0.15) is 0 Å². The number of ether oxygens (including phenoxy) is 2. The van der Waals surface area contributed by atoms with E-state index in [1.54, 1.807) is 0 Å². The van der Waals surface area contributed by atoms with Crippen LogP contribution in [0.4, 0.5) is 5.69 Å². The average molecular weight is 293 g/mol. The number of phenolic OH excluding ortho intramolecular Hbond substituents is 2. The van der Waals surface area contributed by atoms with Gasteiger partial charge in [0.1, 0.15) is 11.4 Å². The minimum Gasteiger partial charge on any atom is -0.505 e. The van der Waals surface area contributed by atoms with Gasteiger partial charge in [-0.05, 0) is 0 Å². The number of hydrogen-bond acceptors (Lipinski definition) is 7. The van der Waals surface area contributed by atoms with Crippen molar-refractivity contribution in [3.63, 3.8) is 0 Å². The van der Waals surface area contributed by atoms with Crippen molar-refractivity contribution < 1.29 is 32.7 Å². The smallest absolute Gasteiger partial charge is 0.266 e. The van der Waals surface area contributed by atoms with E-state index in [1.165, 1.54) is 14.2 Å². The molecule has 0 saturated carbocycles. The number of anilines is 1. The van der Waals surface area contributed by atoms with E-state index < -0.39 is 15.9 Å². The second-order valence-corrected chi connectivity index (χ2v) is 5.14. The van der Waals surface area contributed by atoms with Gasteiger partial charge in [0.2, 0.25) is 5.75 Å². The molecule has 0 fully saturated rings. The van der Waals surface area contributed by atoms with E-state index in [-0.39, 0.29) is 35.2 Å². The standard InChI is InChI=1S/C10H15NO7S/c1-17-7-5-6(12)8(10(18-2)9(7)13)11-3-4-19(14,15)16/h5,11-13H,3-4H2,1-2H3,(H,14,15,16). The fourth-order valence-electron chi connectivity index (χ4n) is 1.44. The zero-order chi connectivity index (χ0) is 14.6. The van der Waals surface area contributed by atoms with Crippen LogP contribution >= 0.6 is 0 Å². The highest BCUT2D eigenvalue weighted by Crippen LogP contribution is 2.47. The van der Waals surface area contributed by atoms with Crippen molar-refractivity contribution in [2.24, 2.45) is 0 Å². The number of nitrogens with one attached hydrogen (secondary N) is 1. The van der Waals surface area contributed by atoms with Gasteiger partial charge in [-0.25, -0.2) is 0 Å². The Kier molecular flexibility index (Phi) is 4.67. The molecule has 0 aliphatic heterocycles. The van der Waals surface area contributed by atoms with Crippen molar-refractivity contribution in [3.8, 4) is 23.0 Å². The summed E-state index contributed by atoms with van der Waals surface area (Å²) in [4.78, 5) is 0. The predicted octanol–water partition coefficient (Wildman–Crippen LogP) is 0.415. The Morgan fingerprint density at radius 2 is 1.89 bits per heavy atom. The van der Waals surface area contributed by atoms with Crippen molar-refractivity contribution >= 4 is 15.8 Å². The van der Waals surface area contributed by atoms with Gasteiger partial charge in [-0.15, -0.1) is 0 Å². The van der Waals surface area contributed by atoms with Crippen LogP contribution in [-0.2, 0) is 10.1 Å². The van der Waals surface area contributed by atoms with Crippen LogP contribution in [0.3, 0.4) is 0 Å². The number of hydrogen-bond donors (Lipinski definition) is 4. The maximum atomic E-state index is 10.6. The van der Waals surface area contributed by atoms with E-state index in [1.807, 2.05) is 0 Å². The Bertz CT molecular complexity index is 555. The largest absolute Gasteiger partial charge is 0.505 e. The Labute approximate surface area is 110 Å². The first kappa shape index (κ1) is 15.2. The van der Waals surface area contributed by atoms with Gasteiger partial charge in [0, 0.05) is 12.6 Å². The van der Waals surface area contributed by atoms with E-state index in [0.29, 0.717) is 0 Å². The van der Waals surface area contributed by atoms with E-state index >= 15 is 0 Å². The lowest BCUT2D eigenvalue weighted by Crippen LogP contribution is -2.15. The molecule has 19 heavy (non-hydrogen) atoms. The molecule has 0 heterocycles. The van der Waals surface area contributed by atoms with Crippen LogP contribution < -0.4 is 14.8 Å². The summed E-state index contributed by atoms with van der Waals surface area (Å²) in [6, 6.07) is 1.15. The highest BCUT2D eigenvalue weighted by molar-refractivity contribution is 7.85.